The summed E-state index contributed by atoms with van der Waals surface area (Å²) in [4.78, 5) is 31.3. The monoisotopic (exact) mass is 496 g/mol. The van der Waals surface area contributed by atoms with Gasteiger partial charge in [0.25, 0.3) is 11.5 Å². The lowest BCUT2D eigenvalue weighted by Gasteiger charge is -2.36. The van der Waals surface area contributed by atoms with E-state index in [1.807, 2.05) is 36.4 Å². The van der Waals surface area contributed by atoms with Gasteiger partial charge in [0, 0.05) is 61.1 Å². The number of benzene rings is 3. The number of nitrogens with zero attached hydrogens (tertiary/aromatic N) is 3. The van der Waals surface area contributed by atoms with Crippen LogP contribution in [0.25, 0.3) is 16.5 Å². The number of hydrogen-bond acceptors (Lipinski definition) is 5. The highest BCUT2D eigenvalue weighted by atomic mass is 16.5. The first-order valence-electron chi connectivity index (χ1n) is 12.7. The number of carbonyl (C=O) groups is 1. The van der Waals surface area contributed by atoms with Gasteiger partial charge in [-0.15, -0.1) is 0 Å². The third-order valence-electron chi connectivity index (χ3n) is 6.95. The summed E-state index contributed by atoms with van der Waals surface area (Å²) >= 11 is 0. The Morgan fingerprint density at radius 3 is 2.22 bits per heavy atom. The lowest BCUT2D eigenvalue weighted by molar-refractivity contribution is 0.0952. The van der Waals surface area contributed by atoms with Gasteiger partial charge in [-0.25, -0.2) is 0 Å². The molecular weight excluding hydrogens is 464 g/mol. The van der Waals surface area contributed by atoms with Crippen LogP contribution in [0, 0.1) is 0 Å². The Bertz CT molecular complexity index is 1410. The number of hydrogen-bond donors (Lipinski definition) is 1. The molecule has 0 saturated carbocycles. The number of nitrogens with one attached hydrogen (secondary N) is 1. The Morgan fingerprint density at radius 1 is 0.838 bits per heavy atom. The fourth-order valence-electron chi connectivity index (χ4n) is 4.88. The highest BCUT2D eigenvalue weighted by Gasteiger charge is 2.18. The van der Waals surface area contributed by atoms with Crippen LogP contribution in [0.1, 0.15) is 16.8 Å². The fraction of sp³-hybridized carbons (Fsp3) is 0.267. The molecular formula is C30H32N4O3. The molecule has 37 heavy (non-hydrogen) atoms. The standard InChI is InChI=1S/C30H32N4O3/c1-37-25-14-12-24(13-15-25)34-22-28(26-10-5-6-11-27(26)30(34)36)29(35)31-16-7-17-32-18-20-33(21-19-32)23-8-3-2-4-9-23/h2-6,8-15,22H,7,16-21H2,1H3,(H,31,35). The molecule has 0 bridgehead atoms. The lowest BCUT2D eigenvalue weighted by atomic mass is 10.1. The molecule has 0 unspecified atom stereocenters. The van der Waals surface area contributed by atoms with Gasteiger partial charge < -0.3 is 15.0 Å². The molecule has 5 rings (SSSR count). The van der Waals surface area contributed by atoms with E-state index in [9.17, 15) is 9.59 Å². The SMILES string of the molecule is COc1ccc(-n2cc(C(=O)NCCCN3CCN(c4ccccc4)CC3)c3ccccc3c2=O)cc1. The summed E-state index contributed by atoms with van der Waals surface area (Å²) in [5.74, 6) is 0.532. The minimum atomic E-state index is -0.174. The first-order valence-corrected chi connectivity index (χ1v) is 12.7. The van der Waals surface area contributed by atoms with Crippen LogP contribution < -0.4 is 20.5 Å². The summed E-state index contributed by atoms with van der Waals surface area (Å²) < 4.78 is 6.77. The molecule has 0 aliphatic carbocycles. The van der Waals surface area contributed by atoms with Crippen molar-refractivity contribution in [2.75, 3.05) is 51.3 Å². The molecule has 2 heterocycles. The molecule has 0 spiro atoms. The van der Waals surface area contributed by atoms with E-state index in [-0.39, 0.29) is 11.5 Å². The molecule has 1 N–H and O–H groups in total. The van der Waals surface area contributed by atoms with Gasteiger partial charge >= 0.3 is 0 Å². The Kier molecular flexibility index (Phi) is 7.51. The van der Waals surface area contributed by atoms with E-state index >= 15 is 0 Å². The molecule has 7 heteroatoms. The quantitative estimate of drug-likeness (QED) is 0.375. The van der Waals surface area contributed by atoms with E-state index in [1.165, 1.54) is 10.3 Å². The summed E-state index contributed by atoms with van der Waals surface area (Å²) in [5.41, 5.74) is 2.28. The van der Waals surface area contributed by atoms with Gasteiger partial charge in [-0.2, -0.15) is 0 Å². The van der Waals surface area contributed by atoms with Gasteiger partial charge in [0.15, 0.2) is 0 Å². The number of methoxy groups -OCH3 is 1. The zero-order valence-electron chi connectivity index (χ0n) is 21.1. The fourth-order valence-corrected chi connectivity index (χ4v) is 4.88. The number of aromatic nitrogens is 1. The Hall–Kier alpha value is -4.10. The van der Waals surface area contributed by atoms with Crippen LogP contribution in [-0.4, -0.2) is 61.8 Å². The summed E-state index contributed by atoms with van der Waals surface area (Å²) in [7, 11) is 1.60. The largest absolute Gasteiger partial charge is 0.497 e. The molecule has 190 valence electrons. The number of anilines is 1. The van der Waals surface area contributed by atoms with Crippen LogP contribution >= 0.6 is 0 Å². The smallest absolute Gasteiger partial charge is 0.262 e. The van der Waals surface area contributed by atoms with Gasteiger partial charge in [0.05, 0.1) is 12.7 Å². The summed E-state index contributed by atoms with van der Waals surface area (Å²) in [5, 5.41) is 4.25. The van der Waals surface area contributed by atoms with Crippen molar-refractivity contribution in [3.8, 4) is 11.4 Å². The summed E-state index contributed by atoms with van der Waals surface area (Å²) in [6, 6.07) is 25.0. The van der Waals surface area contributed by atoms with E-state index in [2.05, 4.69) is 39.4 Å². The van der Waals surface area contributed by atoms with Crippen LogP contribution in [-0.2, 0) is 0 Å². The maximum absolute atomic E-state index is 13.2. The molecule has 1 aromatic heterocycles. The molecule has 1 amide bonds. The van der Waals surface area contributed by atoms with Crippen LogP contribution in [0.5, 0.6) is 5.75 Å². The average molecular weight is 497 g/mol. The predicted molar refractivity (Wildman–Crippen MR) is 148 cm³/mol. The number of pyridine rings is 1. The van der Waals surface area contributed by atoms with Gasteiger partial charge in [0.1, 0.15) is 5.75 Å². The summed E-state index contributed by atoms with van der Waals surface area (Å²) in [6.45, 7) is 5.56. The van der Waals surface area contributed by atoms with Crippen molar-refractivity contribution in [1.82, 2.24) is 14.8 Å². The van der Waals surface area contributed by atoms with E-state index in [0.29, 0.717) is 34.3 Å². The normalized spacial score (nSPS) is 14.0. The summed E-state index contributed by atoms with van der Waals surface area (Å²) in [6.07, 6.45) is 2.51. The number of piperazine rings is 1. The van der Waals surface area contributed by atoms with Crippen molar-refractivity contribution in [3.63, 3.8) is 0 Å². The highest BCUT2D eigenvalue weighted by Crippen LogP contribution is 2.20. The van der Waals surface area contributed by atoms with Crippen molar-refractivity contribution >= 4 is 22.4 Å². The highest BCUT2D eigenvalue weighted by molar-refractivity contribution is 6.06. The van der Waals surface area contributed by atoms with Gasteiger partial charge in [-0.1, -0.05) is 36.4 Å². The minimum absolute atomic E-state index is 0.160. The number of carbonyl (C=O) groups excluding carboxylic acids is 1. The molecule has 1 fully saturated rings. The molecule has 1 aliphatic rings. The van der Waals surface area contributed by atoms with Crippen molar-refractivity contribution in [1.29, 1.82) is 0 Å². The third kappa shape index (κ3) is 5.52. The predicted octanol–water partition coefficient (Wildman–Crippen LogP) is 3.94. The number of amides is 1. The van der Waals surface area contributed by atoms with Gasteiger partial charge in [-0.05, 0) is 55.4 Å². The maximum atomic E-state index is 13.2. The molecule has 7 nitrogen and oxygen atoms in total. The zero-order chi connectivity index (χ0) is 25.6. The topological polar surface area (TPSA) is 66.8 Å². The van der Waals surface area contributed by atoms with Crippen LogP contribution in [0.2, 0.25) is 0 Å². The van der Waals surface area contributed by atoms with E-state index in [0.717, 1.165) is 39.1 Å². The van der Waals surface area contributed by atoms with Gasteiger partial charge in [-0.3, -0.25) is 19.1 Å². The lowest BCUT2D eigenvalue weighted by Crippen LogP contribution is -2.47. The Balaban J connectivity index is 1.22. The van der Waals surface area contributed by atoms with Crippen molar-refractivity contribution in [2.45, 2.75) is 6.42 Å². The Labute approximate surface area is 216 Å². The molecule has 0 atom stereocenters. The molecule has 4 aromatic rings. The second-order valence-electron chi connectivity index (χ2n) is 9.24. The molecule has 0 radical (unpaired) electrons. The third-order valence-corrected chi connectivity index (χ3v) is 6.95. The van der Waals surface area contributed by atoms with Crippen molar-refractivity contribution in [2.24, 2.45) is 0 Å². The first kappa shape index (κ1) is 24.6. The molecule has 3 aromatic carbocycles. The van der Waals surface area contributed by atoms with Crippen LogP contribution in [0.3, 0.4) is 0 Å². The van der Waals surface area contributed by atoms with Crippen LogP contribution in [0.4, 0.5) is 5.69 Å². The maximum Gasteiger partial charge on any atom is 0.262 e. The zero-order valence-corrected chi connectivity index (χ0v) is 21.1. The second-order valence-corrected chi connectivity index (χ2v) is 9.24. The molecule has 1 saturated heterocycles. The van der Waals surface area contributed by atoms with E-state index in [1.54, 1.807) is 31.5 Å². The first-order chi connectivity index (χ1) is 18.1. The number of para-hydroxylation sites is 1. The van der Waals surface area contributed by atoms with Crippen molar-refractivity contribution < 1.29 is 9.53 Å². The average Bonchev–Trinajstić information content (AvgIpc) is 2.96. The van der Waals surface area contributed by atoms with Crippen molar-refractivity contribution in [3.05, 3.63) is 101 Å². The molecule has 1 aliphatic heterocycles. The number of fused-ring (bicyclic) bond motifs is 1. The van der Waals surface area contributed by atoms with Crippen LogP contribution in [0.15, 0.2) is 89.9 Å². The number of ether oxygens (including phenoxy) is 1. The van der Waals surface area contributed by atoms with E-state index < -0.39 is 0 Å². The number of rotatable bonds is 8. The second kappa shape index (κ2) is 11.3. The minimum Gasteiger partial charge on any atom is -0.497 e. The van der Waals surface area contributed by atoms with Gasteiger partial charge in [0.2, 0.25) is 0 Å². The van der Waals surface area contributed by atoms with E-state index in [4.69, 9.17) is 4.74 Å². The Morgan fingerprint density at radius 2 is 1.51 bits per heavy atom.